The molecule has 36 heavy (non-hydrogen) atoms. The number of nitrogens with zero attached hydrogens (tertiary/aromatic N) is 2. The number of hydrogen-bond acceptors (Lipinski definition) is 6. The van der Waals surface area contributed by atoms with E-state index in [-0.39, 0.29) is 30.5 Å². The molecule has 0 bridgehead atoms. The third-order valence-corrected chi connectivity index (χ3v) is 6.76. The van der Waals surface area contributed by atoms with Gasteiger partial charge in [-0.15, -0.1) is 0 Å². The number of nitrogens with one attached hydrogen (secondary N) is 1. The van der Waals surface area contributed by atoms with Crippen LogP contribution in [0, 0.1) is 0 Å². The van der Waals surface area contributed by atoms with Crippen molar-refractivity contribution < 1.29 is 23.9 Å². The predicted octanol–water partition coefficient (Wildman–Crippen LogP) is 2.89. The summed E-state index contributed by atoms with van der Waals surface area (Å²) in [6.07, 6.45) is 1.96. The van der Waals surface area contributed by atoms with Crippen LogP contribution in [0.3, 0.4) is 0 Å². The lowest BCUT2D eigenvalue weighted by atomic mass is 9.91. The summed E-state index contributed by atoms with van der Waals surface area (Å²) in [6, 6.07) is 16.2. The second kappa shape index (κ2) is 11.9. The quantitative estimate of drug-likeness (QED) is 0.638. The molecule has 4 rings (SSSR count). The SMILES string of the molecule is COc1cccc(C(=O)N2CCCN(C(=O)OCc3ccccc3)C2C(=O)NC2CCC(N)CC2)c1. The molecule has 2 aliphatic rings. The Hall–Kier alpha value is -3.59. The fourth-order valence-corrected chi connectivity index (χ4v) is 4.77. The number of amides is 3. The number of carbonyl (C=O) groups is 3. The van der Waals surface area contributed by atoms with Gasteiger partial charge in [-0.1, -0.05) is 36.4 Å². The van der Waals surface area contributed by atoms with E-state index in [9.17, 15) is 14.4 Å². The first-order valence-corrected chi connectivity index (χ1v) is 12.4. The van der Waals surface area contributed by atoms with Gasteiger partial charge in [0, 0.05) is 30.7 Å². The van der Waals surface area contributed by atoms with Gasteiger partial charge in [0.05, 0.1) is 7.11 Å². The van der Waals surface area contributed by atoms with Crippen molar-refractivity contribution in [2.24, 2.45) is 5.73 Å². The van der Waals surface area contributed by atoms with Crippen molar-refractivity contribution in [1.29, 1.82) is 0 Å². The van der Waals surface area contributed by atoms with Crippen LogP contribution in [0.15, 0.2) is 54.6 Å². The highest BCUT2D eigenvalue weighted by molar-refractivity contribution is 5.98. The molecule has 3 amide bonds. The van der Waals surface area contributed by atoms with Gasteiger partial charge in [-0.2, -0.15) is 0 Å². The highest BCUT2D eigenvalue weighted by atomic mass is 16.6. The van der Waals surface area contributed by atoms with E-state index in [0.29, 0.717) is 30.8 Å². The number of rotatable bonds is 6. The molecule has 1 saturated heterocycles. The number of ether oxygens (including phenoxy) is 2. The average molecular weight is 495 g/mol. The minimum absolute atomic E-state index is 0.0461. The van der Waals surface area contributed by atoms with Crippen LogP contribution in [0.2, 0.25) is 0 Å². The van der Waals surface area contributed by atoms with Gasteiger partial charge in [0.1, 0.15) is 12.4 Å². The van der Waals surface area contributed by atoms with Gasteiger partial charge in [-0.3, -0.25) is 14.5 Å². The average Bonchev–Trinajstić information content (AvgIpc) is 2.92. The van der Waals surface area contributed by atoms with Crippen LogP contribution >= 0.6 is 0 Å². The summed E-state index contributed by atoms with van der Waals surface area (Å²) in [7, 11) is 1.53. The summed E-state index contributed by atoms with van der Waals surface area (Å²) < 4.78 is 10.8. The normalized spacial score (nSPS) is 22.0. The minimum atomic E-state index is -1.11. The molecule has 1 aliphatic carbocycles. The van der Waals surface area contributed by atoms with Crippen molar-refractivity contribution in [3.05, 3.63) is 65.7 Å². The lowest BCUT2D eigenvalue weighted by molar-refractivity contribution is -0.134. The molecular weight excluding hydrogens is 460 g/mol. The summed E-state index contributed by atoms with van der Waals surface area (Å²) in [5.41, 5.74) is 7.24. The van der Waals surface area contributed by atoms with Gasteiger partial charge in [0.15, 0.2) is 6.17 Å². The Morgan fingerprint density at radius 1 is 0.972 bits per heavy atom. The molecule has 1 saturated carbocycles. The zero-order valence-electron chi connectivity index (χ0n) is 20.6. The summed E-state index contributed by atoms with van der Waals surface area (Å²) in [5.74, 6) is -0.195. The van der Waals surface area contributed by atoms with E-state index >= 15 is 0 Å². The highest BCUT2D eigenvalue weighted by Crippen LogP contribution is 2.23. The Labute approximate surface area is 211 Å². The molecular formula is C27H34N4O5. The first-order chi connectivity index (χ1) is 17.5. The molecule has 2 aromatic rings. The highest BCUT2D eigenvalue weighted by Gasteiger charge is 2.42. The van der Waals surface area contributed by atoms with Gasteiger partial charge in [-0.25, -0.2) is 4.79 Å². The van der Waals surface area contributed by atoms with E-state index in [1.54, 1.807) is 24.3 Å². The Morgan fingerprint density at radius 3 is 2.42 bits per heavy atom. The second-order valence-electron chi connectivity index (χ2n) is 9.31. The number of benzene rings is 2. The fourth-order valence-electron chi connectivity index (χ4n) is 4.77. The molecule has 1 unspecified atom stereocenters. The van der Waals surface area contributed by atoms with E-state index in [2.05, 4.69) is 5.32 Å². The molecule has 0 spiro atoms. The van der Waals surface area contributed by atoms with Gasteiger partial charge in [0.2, 0.25) is 0 Å². The predicted molar refractivity (Wildman–Crippen MR) is 134 cm³/mol. The summed E-state index contributed by atoms with van der Waals surface area (Å²) >= 11 is 0. The zero-order valence-corrected chi connectivity index (χ0v) is 20.6. The van der Waals surface area contributed by atoms with Crippen LogP contribution in [0.5, 0.6) is 5.75 Å². The minimum Gasteiger partial charge on any atom is -0.497 e. The van der Waals surface area contributed by atoms with E-state index in [1.165, 1.54) is 16.9 Å². The third kappa shape index (κ3) is 6.15. The van der Waals surface area contributed by atoms with Crippen molar-refractivity contribution in [1.82, 2.24) is 15.1 Å². The molecule has 1 aliphatic heterocycles. The smallest absolute Gasteiger partial charge is 0.412 e. The van der Waals surface area contributed by atoms with E-state index in [1.807, 2.05) is 30.3 Å². The Balaban J connectivity index is 1.55. The van der Waals surface area contributed by atoms with Crippen LogP contribution in [0.4, 0.5) is 4.79 Å². The Morgan fingerprint density at radius 2 is 1.69 bits per heavy atom. The lowest BCUT2D eigenvalue weighted by Gasteiger charge is -2.42. The summed E-state index contributed by atoms with van der Waals surface area (Å²) in [5, 5.41) is 3.06. The van der Waals surface area contributed by atoms with Crippen molar-refractivity contribution in [2.75, 3.05) is 20.2 Å². The number of methoxy groups -OCH3 is 1. The number of hydrogen-bond donors (Lipinski definition) is 2. The topological polar surface area (TPSA) is 114 Å². The van der Waals surface area contributed by atoms with E-state index in [0.717, 1.165) is 31.2 Å². The van der Waals surface area contributed by atoms with Crippen molar-refractivity contribution in [3.8, 4) is 5.75 Å². The maximum atomic E-state index is 13.6. The largest absolute Gasteiger partial charge is 0.497 e. The molecule has 0 radical (unpaired) electrons. The summed E-state index contributed by atoms with van der Waals surface area (Å²) in [4.78, 5) is 43.1. The van der Waals surface area contributed by atoms with Crippen molar-refractivity contribution in [3.63, 3.8) is 0 Å². The first-order valence-electron chi connectivity index (χ1n) is 12.4. The molecule has 9 nitrogen and oxygen atoms in total. The molecule has 0 aromatic heterocycles. The second-order valence-corrected chi connectivity index (χ2v) is 9.31. The monoisotopic (exact) mass is 494 g/mol. The standard InChI is InChI=1S/C27H34N4O5/c1-35-23-10-5-9-20(17-23)26(33)30-15-6-16-31(27(34)36-18-19-7-3-2-4-8-19)25(30)24(32)29-22-13-11-21(28)12-14-22/h2-5,7-10,17,21-22,25H,6,11-16,18,28H2,1H3,(H,29,32). The first kappa shape index (κ1) is 25.5. The number of carbonyl (C=O) groups excluding carboxylic acids is 3. The summed E-state index contributed by atoms with van der Waals surface area (Å²) in [6.45, 7) is 0.726. The van der Waals surface area contributed by atoms with Crippen LogP contribution in [-0.2, 0) is 16.1 Å². The van der Waals surface area contributed by atoms with Crippen molar-refractivity contribution in [2.45, 2.75) is 57.0 Å². The van der Waals surface area contributed by atoms with E-state index in [4.69, 9.17) is 15.2 Å². The van der Waals surface area contributed by atoms with Crippen molar-refractivity contribution >= 4 is 17.9 Å². The Bertz CT molecular complexity index is 1060. The van der Waals surface area contributed by atoms with Gasteiger partial charge in [-0.05, 0) is 55.9 Å². The van der Waals surface area contributed by atoms with Crippen LogP contribution < -0.4 is 15.8 Å². The maximum absolute atomic E-state index is 13.6. The molecule has 1 heterocycles. The van der Waals surface area contributed by atoms with Crippen LogP contribution in [-0.4, -0.2) is 66.2 Å². The Kier molecular flexibility index (Phi) is 8.43. The molecule has 192 valence electrons. The molecule has 2 aromatic carbocycles. The fraction of sp³-hybridized carbons (Fsp3) is 0.444. The zero-order chi connectivity index (χ0) is 25.5. The third-order valence-electron chi connectivity index (χ3n) is 6.76. The van der Waals surface area contributed by atoms with E-state index < -0.39 is 12.3 Å². The van der Waals surface area contributed by atoms with Crippen LogP contribution in [0.25, 0.3) is 0 Å². The van der Waals surface area contributed by atoms with Crippen LogP contribution in [0.1, 0.15) is 48.0 Å². The molecule has 2 fully saturated rings. The number of nitrogens with two attached hydrogens (primary N) is 1. The molecule has 1 atom stereocenters. The molecule has 3 N–H and O–H groups in total. The van der Waals surface area contributed by atoms with Gasteiger partial charge < -0.3 is 25.4 Å². The molecule has 9 heteroatoms. The maximum Gasteiger partial charge on any atom is 0.412 e. The van der Waals surface area contributed by atoms with Gasteiger partial charge in [0.25, 0.3) is 11.8 Å². The van der Waals surface area contributed by atoms with Gasteiger partial charge >= 0.3 is 6.09 Å². The lowest BCUT2D eigenvalue weighted by Crippen LogP contribution is -2.64.